The van der Waals surface area contributed by atoms with Gasteiger partial charge in [-0.2, -0.15) is 4.31 Å². The number of amides is 1. The zero-order chi connectivity index (χ0) is 24.5. The number of anilines is 2. The Labute approximate surface area is 202 Å². The van der Waals surface area contributed by atoms with Crippen molar-refractivity contribution < 1.29 is 18.0 Å². The maximum atomic E-state index is 13.5. The molecule has 3 aromatic carbocycles. The van der Waals surface area contributed by atoms with Gasteiger partial charge >= 0.3 is 0 Å². The van der Waals surface area contributed by atoms with E-state index >= 15 is 0 Å². The van der Waals surface area contributed by atoms with E-state index in [1.54, 1.807) is 0 Å². The van der Waals surface area contributed by atoms with E-state index in [0.29, 0.717) is 16.4 Å². The number of ketones is 1. The molecule has 1 aromatic heterocycles. The molecule has 7 nitrogen and oxygen atoms in total. The monoisotopic (exact) mass is 493 g/mol. The Morgan fingerprint density at radius 3 is 2.24 bits per heavy atom. The number of likely N-dealkylation sites (N-methyl/N-ethyl adjacent to an activating group) is 1. The maximum absolute atomic E-state index is 13.5. The lowest BCUT2D eigenvalue weighted by atomic mass is 10.2. The topological polar surface area (TPSA) is 87.7 Å². The quantitative estimate of drug-likeness (QED) is 0.345. The molecule has 0 atom stereocenters. The Morgan fingerprint density at radius 1 is 0.941 bits per heavy atom. The first-order valence-corrected chi connectivity index (χ1v) is 12.8. The van der Waals surface area contributed by atoms with Crippen molar-refractivity contribution in [2.75, 3.05) is 18.5 Å². The smallest absolute Gasteiger partial charge is 0.248 e. The van der Waals surface area contributed by atoms with Crippen molar-refractivity contribution in [1.29, 1.82) is 0 Å². The number of hydrogen-bond donors (Lipinski definition) is 0. The van der Waals surface area contributed by atoms with Crippen LogP contribution in [0.5, 0.6) is 0 Å². The second kappa shape index (κ2) is 9.46. The molecule has 0 saturated heterocycles. The highest BCUT2D eigenvalue weighted by molar-refractivity contribution is 7.89. The molecule has 0 saturated carbocycles. The fourth-order valence-electron chi connectivity index (χ4n) is 3.50. The summed E-state index contributed by atoms with van der Waals surface area (Å²) in [6, 6.07) is 20.7. The lowest BCUT2D eigenvalue weighted by molar-refractivity contribution is -0.117. The van der Waals surface area contributed by atoms with E-state index in [1.165, 1.54) is 54.5 Å². The van der Waals surface area contributed by atoms with Gasteiger partial charge in [-0.15, -0.1) is 0 Å². The maximum Gasteiger partial charge on any atom is 0.248 e. The van der Waals surface area contributed by atoms with E-state index in [9.17, 15) is 18.0 Å². The number of benzene rings is 3. The second-order valence-corrected chi connectivity index (χ2v) is 10.9. The van der Waals surface area contributed by atoms with Gasteiger partial charge < -0.3 is 0 Å². The van der Waals surface area contributed by atoms with E-state index in [2.05, 4.69) is 4.98 Å². The van der Waals surface area contributed by atoms with Gasteiger partial charge in [-0.25, -0.2) is 13.4 Å². The number of carbonyl (C=O) groups is 2. The average molecular weight is 494 g/mol. The number of aryl methyl sites for hydroxylation is 1. The first kappa shape index (κ1) is 23.7. The molecule has 1 heterocycles. The standard InChI is InChI=1S/C25H23N3O4S2/c1-17-8-4-6-10-22(17)28(25-26-21-9-5-7-11-23(21)33-25)24(30)16-27(3)34(31,32)20-14-12-19(13-15-20)18(2)29/h4-15H,16H2,1-3H3. The van der Waals surface area contributed by atoms with Gasteiger partial charge in [0.1, 0.15) is 0 Å². The van der Waals surface area contributed by atoms with Crippen LogP contribution < -0.4 is 4.90 Å². The van der Waals surface area contributed by atoms with Crippen LogP contribution in [0.15, 0.2) is 77.7 Å². The third kappa shape index (κ3) is 4.63. The van der Waals surface area contributed by atoms with Crippen molar-refractivity contribution in [3.8, 4) is 0 Å². The van der Waals surface area contributed by atoms with Crippen LogP contribution in [-0.4, -0.2) is 43.0 Å². The first-order valence-electron chi connectivity index (χ1n) is 10.5. The lowest BCUT2D eigenvalue weighted by Crippen LogP contribution is -2.39. The molecule has 34 heavy (non-hydrogen) atoms. The predicted octanol–water partition coefficient (Wildman–Crippen LogP) is 4.79. The number of sulfonamides is 1. The van der Waals surface area contributed by atoms with E-state index in [4.69, 9.17) is 0 Å². The van der Waals surface area contributed by atoms with Crippen molar-refractivity contribution in [3.63, 3.8) is 0 Å². The van der Waals surface area contributed by atoms with Gasteiger partial charge in [0.05, 0.1) is 27.3 Å². The van der Waals surface area contributed by atoms with Crippen molar-refractivity contribution in [1.82, 2.24) is 9.29 Å². The van der Waals surface area contributed by atoms with Crippen LogP contribution in [0.3, 0.4) is 0 Å². The number of hydrogen-bond acceptors (Lipinski definition) is 6. The van der Waals surface area contributed by atoms with Gasteiger partial charge in [0.15, 0.2) is 10.9 Å². The molecule has 0 unspecified atom stereocenters. The highest BCUT2D eigenvalue weighted by Crippen LogP contribution is 2.35. The Hall–Kier alpha value is -3.40. The molecule has 174 valence electrons. The van der Waals surface area contributed by atoms with Crippen molar-refractivity contribution >= 4 is 54.1 Å². The Morgan fingerprint density at radius 2 is 1.59 bits per heavy atom. The molecule has 9 heteroatoms. The van der Waals surface area contributed by atoms with Gasteiger partial charge in [-0.05, 0) is 49.7 Å². The number of rotatable bonds is 7. The number of carbonyl (C=O) groups excluding carboxylic acids is 2. The van der Waals surface area contributed by atoms with Gasteiger partial charge in [0.2, 0.25) is 15.9 Å². The molecule has 0 aliphatic rings. The summed E-state index contributed by atoms with van der Waals surface area (Å²) < 4.78 is 28.2. The molecular weight excluding hydrogens is 470 g/mol. The number of thiazole rings is 1. The lowest BCUT2D eigenvalue weighted by Gasteiger charge is -2.24. The molecule has 0 bridgehead atoms. The highest BCUT2D eigenvalue weighted by atomic mass is 32.2. The molecule has 4 rings (SSSR count). The zero-order valence-electron chi connectivity index (χ0n) is 18.9. The SMILES string of the molecule is CC(=O)c1ccc(S(=O)(=O)N(C)CC(=O)N(c2nc3ccccc3s2)c2ccccc2C)cc1. The molecule has 0 aliphatic heterocycles. The highest BCUT2D eigenvalue weighted by Gasteiger charge is 2.29. The largest absolute Gasteiger partial charge is 0.295 e. The minimum atomic E-state index is -3.95. The van der Waals surface area contributed by atoms with Crippen LogP contribution in [0.4, 0.5) is 10.8 Å². The summed E-state index contributed by atoms with van der Waals surface area (Å²) in [6.45, 7) is 2.91. The molecule has 0 N–H and O–H groups in total. The van der Waals surface area contributed by atoms with Crippen molar-refractivity contribution in [2.45, 2.75) is 18.7 Å². The Kier molecular flexibility index (Phi) is 6.60. The van der Waals surface area contributed by atoms with E-state index in [-0.39, 0.29) is 17.2 Å². The van der Waals surface area contributed by atoms with Crippen LogP contribution in [-0.2, 0) is 14.8 Å². The first-order chi connectivity index (χ1) is 16.2. The summed E-state index contributed by atoms with van der Waals surface area (Å²) in [5.74, 6) is -0.586. The summed E-state index contributed by atoms with van der Waals surface area (Å²) >= 11 is 1.37. The van der Waals surface area contributed by atoms with Crippen molar-refractivity contribution in [2.24, 2.45) is 0 Å². The zero-order valence-corrected chi connectivity index (χ0v) is 20.6. The van der Waals surface area contributed by atoms with Crippen LogP contribution >= 0.6 is 11.3 Å². The van der Waals surface area contributed by atoms with E-state index in [1.807, 2.05) is 55.5 Å². The minimum absolute atomic E-state index is 0.00947. The van der Waals surface area contributed by atoms with Gasteiger partial charge in [-0.3, -0.25) is 14.5 Å². The molecule has 0 spiro atoms. The van der Waals surface area contributed by atoms with Gasteiger partial charge in [-0.1, -0.05) is 53.8 Å². The van der Waals surface area contributed by atoms with Crippen LogP contribution in [0.1, 0.15) is 22.8 Å². The summed E-state index contributed by atoms with van der Waals surface area (Å²) in [4.78, 5) is 31.2. The van der Waals surface area contributed by atoms with Crippen LogP contribution in [0.25, 0.3) is 10.2 Å². The number of fused-ring (bicyclic) bond motifs is 1. The summed E-state index contributed by atoms with van der Waals surface area (Å²) in [7, 11) is -2.59. The molecule has 0 radical (unpaired) electrons. The summed E-state index contributed by atoms with van der Waals surface area (Å²) in [5, 5.41) is 0.470. The number of aromatic nitrogens is 1. The number of nitrogens with zero attached hydrogens (tertiary/aromatic N) is 3. The normalized spacial score (nSPS) is 11.6. The third-order valence-electron chi connectivity index (χ3n) is 5.41. The molecule has 0 fully saturated rings. The second-order valence-electron chi connectivity index (χ2n) is 7.82. The predicted molar refractivity (Wildman–Crippen MR) is 134 cm³/mol. The van der Waals surface area contributed by atoms with E-state index < -0.39 is 15.9 Å². The molecule has 0 aliphatic carbocycles. The van der Waals surface area contributed by atoms with Crippen LogP contribution in [0, 0.1) is 6.92 Å². The van der Waals surface area contributed by atoms with Crippen molar-refractivity contribution in [3.05, 3.63) is 83.9 Å². The summed E-state index contributed by atoms with van der Waals surface area (Å²) in [5.41, 5.74) is 2.68. The number of Topliss-reactive ketones (excluding diaryl/α,β-unsaturated/α-hetero) is 1. The van der Waals surface area contributed by atoms with Gasteiger partial charge in [0.25, 0.3) is 0 Å². The molecule has 4 aromatic rings. The summed E-state index contributed by atoms with van der Waals surface area (Å²) in [6.07, 6.45) is 0. The third-order valence-corrected chi connectivity index (χ3v) is 8.25. The average Bonchev–Trinajstić information content (AvgIpc) is 3.24. The Balaban J connectivity index is 1.67. The fraction of sp³-hybridized carbons (Fsp3) is 0.160. The minimum Gasteiger partial charge on any atom is -0.295 e. The fourth-order valence-corrected chi connectivity index (χ4v) is 5.62. The molecule has 1 amide bonds. The Bertz CT molecular complexity index is 1440. The van der Waals surface area contributed by atoms with Gasteiger partial charge in [0, 0.05) is 12.6 Å². The van der Waals surface area contributed by atoms with E-state index in [0.717, 1.165) is 20.1 Å². The molecular formula is C25H23N3O4S2. The number of para-hydroxylation sites is 2. The van der Waals surface area contributed by atoms with Crippen LogP contribution in [0.2, 0.25) is 0 Å².